The number of hydrogen-bond acceptors (Lipinski definition) is 4. The highest BCUT2D eigenvalue weighted by atomic mass is 16.5. The molecular formula is C22H33NO4. The summed E-state index contributed by atoms with van der Waals surface area (Å²) in [6.07, 6.45) is 2.37. The number of nitrogens with zero attached hydrogens (tertiary/aromatic N) is 1. The number of aliphatic hydroxyl groups excluding tert-OH is 3. The average Bonchev–Trinajstić information content (AvgIpc) is 3.17. The Hall–Kier alpha value is -0.460. The molecule has 12 atom stereocenters. The highest BCUT2D eigenvalue weighted by Gasteiger charge is 2.88. The zero-order valence-electron chi connectivity index (χ0n) is 16.5. The molecule has 1 aliphatic heterocycles. The van der Waals surface area contributed by atoms with Gasteiger partial charge < -0.3 is 25.2 Å². The number of piperidine rings is 1. The maximum atomic E-state index is 14.2. The fourth-order valence-electron chi connectivity index (χ4n) is 10.3. The van der Waals surface area contributed by atoms with Gasteiger partial charge in [0.2, 0.25) is 0 Å². The largest absolute Gasteiger partial charge is 0.633 e. The molecule has 5 heteroatoms. The van der Waals surface area contributed by atoms with Gasteiger partial charge in [0.25, 0.3) is 0 Å². The van der Waals surface area contributed by atoms with Crippen molar-refractivity contribution in [2.45, 2.75) is 70.3 Å². The molecule has 5 saturated carbocycles. The van der Waals surface area contributed by atoms with E-state index in [-0.39, 0.29) is 39.3 Å². The summed E-state index contributed by atoms with van der Waals surface area (Å²) in [5, 5.41) is 48.0. The normalized spacial score (nSPS) is 68.3. The third-order valence-corrected chi connectivity index (χ3v) is 10.9. The number of likely N-dealkylation sites (tertiary alicyclic amines) is 1. The molecule has 1 heterocycles. The van der Waals surface area contributed by atoms with Gasteiger partial charge in [0.1, 0.15) is 6.04 Å². The highest BCUT2D eigenvalue weighted by molar-refractivity contribution is 5.38. The summed E-state index contributed by atoms with van der Waals surface area (Å²) in [5.74, 6) is 0.473. The molecule has 0 aromatic rings. The molecule has 3 N–H and O–H groups in total. The summed E-state index contributed by atoms with van der Waals surface area (Å²) < 4.78 is -0.215. The van der Waals surface area contributed by atoms with E-state index in [9.17, 15) is 20.5 Å². The number of quaternary nitrogens is 1. The fraction of sp³-hybridized carbons (Fsp3) is 0.909. The van der Waals surface area contributed by atoms with Gasteiger partial charge in [-0.1, -0.05) is 13.5 Å². The molecule has 2 spiro atoms. The van der Waals surface area contributed by atoms with Crippen molar-refractivity contribution in [3.63, 3.8) is 0 Å². The predicted octanol–water partition coefficient (Wildman–Crippen LogP) is 1.80. The third kappa shape index (κ3) is 1.49. The van der Waals surface area contributed by atoms with Crippen LogP contribution in [-0.2, 0) is 0 Å². The van der Waals surface area contributed by atoms with Crippen molar-refractivity contribution in [2.24, 2.45) is 39.9 Å². The van der Waals surface area contributed by atoms with Gasteiger partial charge >= 0.3 is 0 Å². The van der Waals surface area contributed by atoms with Crippen LogP contribution in [0.25, 0.3) is 0 Å². The first-order valence-corrected chi connectivity index (χ1v) is 11.0. The lowest BCUT2D eigenvalue weighted by molar-refractivity contribution is -0.927. The van der Waals surface area contributed by atoms with Crippen LogP contribution in [0.4, 0.5) is 0 Å². The van der Waals surface area contributed by atoms with E-state index < -0.39 is 23.7 Å². The molecule has 27 heavy (non-hydrogen) atoms. The summed E-state index contributed by atoms with van der Waals surface area (Å²) in [7, 11) is 0. The van der Waals surface area contributed by atoms with E-state index in [0.717, 1.165) is 31.3 Å². The summed E-state index contributed by atoms with van der Waals surface area (Å²) >= 11 is 0. The Morgan fingerprint density at radius 3 is 2.67 bits per heavy atom. The molecule has 0 aromatic heterocycles. The molecule has 6 fully saturated rings. The molecule has 6 rings (SSSR count). The summed E-state index contributed by atoms with van der Waals surface area (Å²) in [4.78, 5) is 0. The quantitative estimate of drug-likeness (QED) is 0.371. The van der Waals surface area contributed by atoms with Gasteiger partial charge in [-0.25, -0.2) is 0 Å². The van der Waals surface area contributed by atoms with Crippen molar-refractivity contribution < 1.29 is 20.0 Å². The topological polar surface area (TPSA) is 83.8 Å². The first-order valence-electron chi connectivity index (χ1n) is 11.0. The van der Waals surface area contributed by atoms with Crippen LogP contribution < -0.4 is 0 Å². The SMILES string of the molecule is C=C1[C@@H](O)[C@]23C[C@@H]1[C@@H](O)C[C@H]2[C@]12[C@@H]4C[C@H]3[C@H]1[N+]([O-])(CC)C[C@]4(C)CC[C@@H]2O. The van der Waals surface area contributed by atoms with Gasteiger partial charge in [-0.2, -0.15) is 0 Å². The maximum Gasteiger partial charge on any atom is 0.101 e. The van der Waals surface area contributed by atoms with E-state index in [1.807, 2.05) is 6.92 Å². The van der Waals surface area contributed by atoms with Crippen LogP contribution in [-0.4, -0.2) is 57.4 Å². The van der Waals surface area contributed by atoms with E-state index >= 15 is 0 Å². The van der Waals surface area contributed by atoms with E-state index in [0.29, 0.717) is 25.4 Å². The number of aliphatic hydroxyl groups is 3. The van der Waals surface area contributed by atoms with E-state index in [4.69, 9.17) is 0 Å². The molecule has 1 unspecified atom stereocenters. The van der Waals surface area contributed by atoms with Crippen LogP contribution in [0, 0.1) is 45.1 Å². The zero-order valence-corrected chi connectivity index (χ0v) is 16.5. The third-order valence-electron chi connectivity index (χ3n) is 10.9. The minimum absolute atomic E-state index is 0.0344. The summed E-state index contributed by atoms with van der Waals surface area (Å²) in [6, 6.07) is -0.132. The van der Waals surface area contributed by atoms with Crippen molar-refractivity contribution in [1.82, 2.24) is 0 Å². The average molecular weight is 376 g/mol. The Balaban J connectivity index is 1.63. The molecular weight excluding hydrogens is 342 g/mol. The Labute approximate surface area is 161 Å². The van der Waals surface area contributed by atoms with Crippen LogP contribution in [0.1, 0.15) is 46.0 Å². The van der Waals surface area contributed by atoms with Gasteiger partial charge in [-0.15, -0.1) is 0 Å². The number of hydrogen-bond donors (Lipinski definition) is 3. The Morgan fingerprint density at radius 2 is 1.96 bits per heavy atom. The van der Waals surface area contributed by atoms with Crippen LogP contribution >= 0.6 is 0 Å². The second kappa shape index (κ2) is 4.65. The van der Waals surface area contributed by atoms with Gasteiger partial charge in [-0.05, 0) is 56.4 Å². The minimum Gasteiger partial charge on any atom is -0.633 e. The predicted molar refractivity (Wildman–Crippen MR) is 100 cm³/mol. The van der Waals surface area contributed by atoms with E-state index in [2.05, 4.69) is 13.5 Å². The van der Waals surface area contributed by atoms with Crippen LogP contribution in [0.15, 0.2) is 12.2 Å². The molecule has 0 radical (unpaired) electrons. The van der Waals surface area contributed by atoms with E-state index in [1.54, 1.807) is 0 Å². The van der Waals surface area contributed by atoms with Gasteiger partial charge in [-0.3, -0.25) is 0 Å². The van der Waals surface area contributed by atoms with Crippen molar-refractivity contribution in [1.29, 1.82) is 0 Å². The molecule has 1 saturated heterocycles. The van der Waals surface area contributed by atoms with Crippen LogP contribution in [0.3, 0.4) is 0 Å². The monoisotopic (exact) mass is 375 g/mol. The summed E-state index contributed by atoms with van der Waals surface area (Å²) in [6.45, 7) is 9.62. The second-order valence-electron chi connectivity index (χ2n) is 11.2. The van der Waals surface area contributed by atoms with Crippen molar-refractivity contribution in [3.8, 4) is 0 Å². The molecule has 6 aliphatic rings. The first-order chi connectivity index (χ1) is 12.7. The van der Waals surface area contributed by atoms with Crippen LogP contribution in [0.2, 0.25) is 0 Å². The standard InChI is InChI=1S/C22H33NO4/c1-4-23(27)10-20(3)6-5-17(25)22-15(20)7-13(18(22)23)21-9-12(11(2)19(21)26)14(24)8-16(21)22/h12-19,24-26H,2,4-10H2,1,3H3/t12-,13-,14-,15+,16+,17-,18+,19+,20-,21-,22-,23?/m0/s1. The van der Waals surface area contributed by atoms with Crippen LogP contribution in [0.5, 0.6) is 0 Å². The number of fused-ring (bicyclic) bond motifs is 1. The lowest BCUT2D eigenvalue weighted by Gasteiger charge is -2.68. The Kier molecular flexibility index (Phi) is 2.99. The minimum atomic E-state index is -0.638. The van der Waals surface area contributed by atoms with Crippen molar-refractivity contribution in [3.05, 3.63) is 17.4 Å². The maximum absolute atomic E-state index is 14.2. The lowest BCUT2D eigenvalue weighted by atomic mass is 9.43. The molecule has 0 amide bonds. The van der Waals surface area contributed by atoms with Gasteiger partial charge in [0, 0.05) is 22.7 Å². The zero-order chi connectivity index (χ0) is 19.1. The number of hydroxylamine groups is 3. The molecule has 5 nitrogen and oxygen atoms in total. The first kappa shape index (κ1) is 17.4. The fourth-order valence-corrected chi connectivity index (χ4v) is 10.3. The molecule has 5 aliphatic carbocycles. The lowest BCUT2D eigenvalue weighted by Crippen LogP contribution is -2.73. The molecule has 0 aromatic carbocycles. The Morgan fingerprint density at radius 1 is 1.22 bits per heavy atom. The van der Waals surface area contributed by atoms with Crippen molar-refractivity contribution >= 4 is 0 Å². The van der Waals surface area contributed by atoms with Gasteiger partial charge in [0.05, 0.1) is 36.8 Å². The summed E-state index contributed by atoms with van der Waals surface area (Å²) in [5.41, 5.74) is -0.0521. The van der Waals surface area contributed by atoms with Crippen molar-refractivity contribution in [2.75, 3.05) is 13.1 Å². The van der Waals surface area contributed by atoms with Gasteiger partial charge in [0.15, 0.2) is 0 Å². The molecule has 150 valence electrons. The Bertz CT molecular complexity index is 742. The smallest absolute Gasteiger partial charge is 0.101 e. The second-order valence-corrected chi connectivity index (χ2v) is 11.2. The highest BCUT2D eigenvalue weighted by Crippen LogP contribution is 2.84. The molecule has 7 bridgehead atoms. The number of rotatable bonds is 1. The van der Waals surface area contributed by atoms with E-state index in [1.165, 1.54) is 0 Å².